The molecule has 0 fully saturated rings. The summed E-state index contributed by atoms with van der Waals surface area (Å²) in [6.45, 7) is 5.10. The van der Waals surface area contributed by atoms with E-state index in [0.717, 1.165) is 30.7 Å². The lowest BCUT2D eigenvalue weighted by atomic mass is 9.97. The average Bonchev–Trinajstić information content (AvgIpc) is 2.66. The molecule has 0 radical (unpaired) electrons. The monoisotopic (exact) mass is 231 g/mol. The number of nitrogens with two attached hydrogens (primary N) is 1. The van der Waals surface area contributed by atoms with Crippen LogP contribution in [0.2, 0.25) is 0 Å². The van der Waals surface area contributed by atoms with Crippen molar-refractivity contribution in [2.75, 3.05) is 6.54 Å². The third-order valence-electron chi connectivity index (χ3n) is 3.48. The zero-order valence-electron chi connectivity index (χ0n) is 10.9. The molecule has 2 rings (SSSR count). The summed E-state index contributed by atoms with van der Waals surface area (Å²) in [4.78, 5) is 4.67. The number of aromatic nitrogens is 2. The van der Waals surface area contributed by atoms with Gasteiger partial charge < -0.3 is 10.3 Å². The molecule has 1 aromatic heterocycles. The summed E-state index contributed by atoms with van der Waals surface area (Å²) in [5, 5.41) is 0. The lowest BCUT2D eigenvalue weighted by Gasteiger charge is -2.10. The molecule has 0 amide bonds. The number of fused-ring (bicyclic) bond motifs is 1. The van der Waals surface area contributed by atoms with Gasteiger partial charge >= 0.3 is 0 Å². The van der Waals surface area contributed by atoms with Gasteiger partial charge in [0.15, 0.2) is 0 Å². The standard InChI is InChI=1S/C14H21N3/c1-4-14-16-12-9-11(10(2)7-8-15)5-6-13(12)17(14)3/h5-6,9-10H,4,7-8,15H2,1-3H3. The summed E-state index contributed by atoms with van der Waals surface area (Å²) in [6, 6.07) is 6.57. The van der Waals surface area contributed by atoms with Crippen molar-refractivity contribution >= 4 is 11.0 Å². The largest absolute Gasteiger partial charge is 0.331 e. The van der Waals surface area contributed by atoms with Crippen molar-refractivity contribution in [1.82, 2.24) is 9.55 Å². The van der Waals surface area contributed by atoms with Crippen LogP contribution in [-0.4, -0.2) is 16.1 Å². The fourth-order valence-corrected chi connectivity index (χ4v) is 2.31. The Hall–Kier alpha value is -1.35. The second-order valence-corrected chi connectivity index (χ2v) is 4.67. The van der Waals surface area contributed by atoms with E-state index in [1.807, 2.05) is 0 Å². The second-order valence-electron chi connectivity index (χ2n) is 4.67. The molecule has 2 N–H and O–H groups in total. The maximum Gasteiger partial charge on any atom is 0.109 e. The molecule has 0 spiro atoms. The van der Waals surface area contributed by atoms with Crippen LogP contribution in [0.4, 0.5) is 0 Å². The summed E-state index contributed by atoms with van der Waals surface area (Å²) in [7, 11) is 2.08. The SMILES string of the molecule is CCc1nc2cc(C(C)CCN)ccc2n1C. The number of hydrogen-bond donors (Lipinski definition) is 1. The molecule has 1 aromatic carbocycles. The van der Waals surface area contributed by atoms with Gasteiger partial charge in [0, 0.05) is 13.5 Å². The van der Waals surface area contributed by atoms with Crippen LogP contribution in [0.25, 0.3) is 11.0 Å². The molecule has 2 aromatic rings. The van der Waals surface area contributed by atoms with Gasteiger partial charge in [-0.3, -0.25) is 0 Å². The first-order valence-corrected chi connectivity index (χ1v) is 6.32. The van der Waals surface area contributed by atoms with E-state index in [-0.39, 0.29) is 0 Å². The molecule has 0 bridgehead atoms. The minimum Gasteiger partial charge on any atom is -0.331 e. The highest BCUT2D eigenvalue weighted by atomic mass is 15.1. The quantitative estimate of drug-likeness (QED) is 0.879. The summed E-state index contributed by atoms with van der Waals surface area (Å²) in [6.07, 6.45) is 2.00. The van der Waals surface area contributed by atoms with Crippen molar-refractivity contribution in [3.63, 3.8) is 0 Å². The van der Waals surface area contributed by atoms with Crippen LogP contribution in [0.3, 0.4) is 0 Å². The predicted octanol–water partition coefficient (Wildman–Crippen LogP) is 2.59. The molecular weight excluding hydrogens is 210 g/mol. The van der Waals surface area contributed by atoms with Gasteiger partial charge in [0.2, 0.25) is 0 Å². The van der Waals surface area contributed by atoms with Crippen molar-refractivity contribution in [1.29, 1.82) is 0 Å². The molecule has 0 aliphatic rings. The molecule has 0 saturated carbocycles. The number of hydrogen-bond acceptors (Lipinski definition) is 2. The predicted molar refractivity (Wildman–Crippen MR) is 72.2 cm³/mol. The first kappa shape index (κ1) is 12.1. The molecule has 1 atom stereocenters. The maximum absolute atomic E-state index is 5.61. The van der Waals surface area contributed by atoms with Crippen LogP contribution < -0.4 is 5.73 Å². The minimum absolute atomic E-state index is 0.511. The van der Waals surface area contributed by atoms with Gasteiger partial charge in [-0.05, 0) is 36.6 Å². The van der Waals surface area contributed by atoms with Gasteiger partial charge in [-0.1, -0.05) is 19.9 Å². The van der Waals surface area contributed by atoms with Crippen molar-refractivity contribution in [2.45, 2.75) is 32.6 Å². The Labute approximate surface area is 103 Å². The van der Waals surface area contributed by atoms with Crippen molar-refractivity contribution in [2.24, 2.45) is 12.8 Å². The van der Waals surface area contributed by atoms with E-state index < -0.39 is 0 Å². The number of aryl methyl sites for hydroxylation is 2. The fourth-order valence-electron chi connectivity index (χ4n) is 2.31. The summed E-state index contributed by atoms with van der Waals surface area (Å²) in [5.74, 6) is 1.65. The first-order chi connectivity index (χ1) is 8.17. The Balaban J connectivity index is 2.44. The smallest absolute Gasteiger partial charge is 0.109 e. The zero-order valence-corrected chi connectivity index (χ0v) is 10.9. The van der Waals surface area contributed by atoms with Crippen LogP contribution >= 0.6 is 0 Å². The highest BCUT2D eigenvalue weighted by molar-refractivity contribution is 5.77. The van der Waals surface area contributed by atoms with Gasteiger partial charge in [-0.15, -0.1) is 0 Å². The van der Waals surface area contributed by atoms with Crippen LogP contribution in [0.15, 0.2) is 18.2 Å². The van der Waals surface area contributed by atoms with Crippen LogP contribution in [0.1, 0.15) is 37.6 Å². The van der Waals surface area contributed by atoms with Gasteiger partial charge in [-0.25, -0.2) is 4.98 Å². The second kappa shape index (κ2) is 4.88. The fraction of sp³-hybridized carbons (Fsp3) is 0.500. The van der Waals surface area contributed by atoms with E-state index in [2.05, 4.69) is 48.6 Å². The molecule has 17 heavy (non-hydrogen) atoms. The number of nitrogens with zero attached hydrogens (tertiary/aromatic N) is 2. The third kappa shape index (κ3) is 2.20. The van der Waals surface area contributed by atoms with E-state index in [1.54, 1.807) is 0 Å². The lowest BCUT2D eigenvalue weighted by molar-refractivity contribution is 0.691. The van der Waals surface area contributed by atoms with Gasteiger partial charge in [-0.2, -0.15) is 0 Å². The van der Waals surface area contributed by atoms with Crippen molar-refractivity contribution in [3.8, 4) is 0 Å². The van der Waals surface area contributed by atoms with E-state index in [9.17, 15) is 0 Å². The maximum atomic E-state index is 5.61. The van der Waals surface area contributed by atoms with E-state index >= 15 is 0 Å². The Bertz CT molecular complexity index is 513. The van der Waals surface area contributed by atoms with Gasteiger partial charge in [0.1, 0.15) is 5.82 Å². The van der Waals surface area contributed by atoms with Crippen LogP contribution in [-0.2, 0) is 13.5 Å². The summed E-state index contributed by atoms with van der Waals surface area (Å²) in [5.41, 5.74) is 9.26. The molecule has 3 nitrogen and oxygen atoms in total. The number of benzene rings is 1. The molecule has 1 heterocycles. The first-order valence-electron chi connectivity index (χ1n) is 6.32. The van der Waals surface area contributed by atoms with Gasteiger partial charge in [0.05, 0.1) is 11.0 Å². The average molecular weight is 231 g/mol. The summed E-state index contributed by atoms with van der Waals surface area (Å²) < 4.78 is 2.17. The molecular formula is C14H21N3. The normalized spacial score (nSPS) is 13.2. The molecule has 92 valence electrons. The number of rotatable bonds is 4. The van der Waals surface area contributed by atoms with Crippen molar-refractivity contribution in [3.05, 3.63) is 29.6 Å². The highest BCUT2D eigenvalue weighted by Crippen LogP contribution is 2.23. The van der Waals surface area contributed by atoms with Crippen LogP contribution in [0.5, 0.6) is 0 Å². The summed E-state index contributed by atoms with van der Waals surface area (Å²) >= 11 is 0. The Morgan fingerprint density at radius 1 is 1.41 bits per heavy atom. The Kier molecular flexibility index (Phi) is 3.48. The van der Waals surface area contributed by atoms with E-state index in [4.69, 9.17) is 5.73 Å². The van der Waals surface area contributed by atoms with E-state index in [0.29, 0.717) is 5.92 Å². The molecule has 3 heteroatoms. The third-order valence-corrected chi connectivity index (χ3v) is 3.48. The molecule has 0 aliphatic heterocycles. The molecule has 1 unspecified atom stereocenters. The molecule has 0 saturated heterocycles. The Morgan fingerprint density at radius 2 is 2.18 bits per heavy atom. The topological polar surface area (TPSA) is 43.8 Å². The zero-order chi connectivity index (χ0) is 12.4. The van der Waals surface area contributed by atoms with Crippen LogP contribution in [0, 0.1) is 0 Å². The minimum atomic E-state index is 0.511. The lowest BCUT2D eigenvalue weighted by Crippen LogP contribution is -2.04. The van der Waals surface area contributed by atoms with E-state index in [1.165, 1.54) is 11.1 Å². The van der Waals surface area contributed by atoms with Gasteiger partial charge in [0.25, 0.3) is 0 Å². The highest BCUT2D eigenvalue weighted by Gasteiger charge is 2.09. The Morgan fingerprint density at radius 3 is 2.82 bits per heavy atom. The molecule has 0 aliphatic carbocycles. The number of imidazole rings is 1. The van der Waals surface area contributed by atoms with Crippen molar-refractivity contribution < 1.29 is 0 Å².